The molecular weight excluding hydrogens is 334 g/mol. The summed E-state index contributed by atoms with van der Waals surface area (Å²) in [6.45, 7) is 2.57. The zero-order valence-corrected chi connectivity index (χ0v) is 16.6. The van der Waals surface area contributed by atoms with E-state index in [1.54, 1.807) is 4.90 Å². The molecule has 1 heterocycles. The summed E-state index contributed by atoms with van der Waals surface area (Å²) in [5, 5.41) is 0. The normalized spacial score (nSPS) is 27.8. The van der Waals surface area contributed by atoms with Crippen molar-refractivity contribution in [2.24, 2.45) is 16.6 Å². The fraction of sp³-hybridized carbons (Fsp3) is 0.652. The maximum Gasteiger partial charge on any atom is 0.262 e. The van der Waals surface area contributed by atoms with Crippen LogP contribution in [-0.2, 0) is 10.3 Å². The van der Waals surface area contributed by atoms with Crippen LogP contribution in [0.3, 0.4) is 0 Å². The number of guanidine groups is 1. The number of hydrogen-bond donors (Lipinski definition) is 1. The molecule has 1 aromatic carbocycles. The molecule has 4 nitrogen and oxygen atoms in total. The molecule has 2 N–H and O–H groups in total. The van der Waals surface area contributed by atoms with Crippen molar-refractivity contribution in [1.29, 1.82) is 0 Å². The van der Waals surface area contributed by atoms with Gasteiger partial charge in [-0.25, -0.2) is 4.99 Å². The monoisotopic (exact) mass is 367 g/mol. The Morgan fingerprint density at radius 3 is 2.37 bits per heavy atom. The third-order valence-corrected chi connectivity index (χ3v) is 7.05. The minimum Gasteiger partial charge on any atom is -0.369 e. The van der Waals surface area contributed by atoms with Crippen LogP contribution in [0, 0.1) is 5.92 Å². The topological polar surface area (TPSA) is 58.7 Å². The largest absolute Gasteiger partial charge is 0.369 e. The van der Waals surface area contributed by atoms with E-state index >= 15 is 0 Å². The molecule has 4 heteroatoms. The SMILES string of the molecule is CCN1C(=O)C(c2cccc(C3CCCC3)c2)(C2CCCCCC2)N=C1N. The van der Waals surface area contributed by atoms with Gasteiger partial charge >= 0.3 is 0 Å². The molecule has 1 amide bonds. The van der Waals surface area contributed by atoms with E-state index < -0.39 is 5.54 Å². The molecule has 0 spiro atoms. The molecule has 1 aliphatic heterocycles. The maximum absolute atomic E-state index is 13.6. The lowest BCUT2D eigenvalue weighted by Gasteiger charge is -2.34. The number of benzene rings is 1. The first kappa shape index (κ1) is 18.5. The molecule has 0 radical (unpaired) electrons. The minimum absolute atomic E-state index is 0.0953. The van der Waals surface area contributed by atoms with Gasteiger partial charge in [0.15, 0.2) is 11.5 Å². The second-order valence-electron chi connectivity index (χ2n) is 8.58. The van der Waals surface area contributed by atoms with Crippen LogP contribution in [0.2, 0.25) is 0 Å². The van der Waals surface area contributed by atoms with Crippen molar-refractivity contribution in [3.8, 4) is 0 Å². The highest BCUT2D eigenvalue weighted by Crippen LogP contribution is 2.46. The van der Waals surface area contributed by atoms with Gasteiger partial charge in [0.25, 0.3) is 5.91 Å². The van der Waals surface area contributed by atoms with Gasteiger partial charge in [0, 0.05) is 6.54 Å². The Labute approximate surface area is 163 Å². The molecule has 3 aliphatic rings. The second-order valence-corrected chi connectivity index (χ2v) is 8.58. The van der Waals surface area contributed by atoms with Crippen molar-refractivity contribution in [1.82, 2.24) is 4.90 Å². The fourth-order valence-electron chi connectivity index (χ4n) is 5.58. The van der Waals surface area contributed by atoms with Gasteiger partial charge in [-0.2, -0.15) is 0 Å². The van der Waals surface area contributed by atoms with Crippen molar-refractivity contribution < 1.29 is 4.79 Å². The molecule has 0 bridgehead atoms. The van der Waals surface area contributed by atoms with Gasteiger partial charge in [0.05, 0.1) is 0 Å². The van der Waals surface area contributed by atoms with Crippen LogP contribution in [0.5, 0.6) is 0 Å². The number of carbonyl (C=O) groups excluding carboxylic acids is 1. The van der Waals surface area contributed by atoms with Crippen molar-refractivity contribution in [2.45, 2.75) is 82.6 Å². The van der Waals surface area contributed by atoms with Crippen molar-refractivity contribution in [3.05, 3.63) is 35.4 Å². The number of hydrogen-bond acceptors (Lipinski definition) is 3. The molecule has 146 valence electrons. The molecule has 2 aliphatic carbocycles. The highest BCUT2D eigenvalue weighted by atomic mass is 16.2. The van der Waals surface area contributed by atoms with Crippen LogP contribution in [0.25, 0.3) is 0 Å². The summed E-state index contributed by atoms with van der Waals surface area (Å²) >= 11 is 0. The van der Waals surface area contributed by atoms with E-state index in [0.29, 0.717) is 18.4 Å². The summed E-state index contributed by atoms with van der Waals surface area (Å²) in [4.78, 5) is 20.3. The van der Waals surface area contributed by atoms with Crippen LogP contribution in [-0.4, -0.2) is 23.3 Å². The molecule has 1 aromatic rings. The van der Waals surface area contributed by atoms with Gasteiger partial charge in [-0.15, -0.1) is 0 Å². The quantitative estimate of drug-likeness (QED) is 0.785. The molecule has 1 unspecified atom stereocenters. The Kier molecular flexibility index (Phi) is 5.25. The van der Waals surface area contributed by atoms with Crippen LogP contribution >= 0.6 is 0 Å². The number of amides is 1. The summed E-state index contributed by atoms with van der Waals surface area (Å²) in [5.41, 5.74) is 7.90. The Bertz CT molecular complexity index is 714. The predicted octanol–water partition coefficient (Wildman–Crippen LogP) is 4.69. The lowest BCUT2D eigenvalue weighted by atomic mass is 9.73. The first-order valence-corrected chi connectivity index (χ1v) is 10.9. The Hall–Kier alpha value is -1.84. The van der Waals surface area contributed by atoms with Crippen molar-refractivity contribution in [3.63, 3.8) is 0 Å². The van der Waals surface area contributed by atoms with E-state index in [0.717, 1.165) is 18.4 Å². The van der Waals surface area contributed by atoms with E-state index in [9.17, 15) is 4.79 Å². The average Bonchev–Trinajstić information content (AvgIpc) is 3.20. The van der Waals surface area contributed by atoms with E-state index in [4.69, 9.17) is 10.7 Å². The number of carbonyl (C=O) groups is 1. The van der Waals surface area contributed by atoms with E-state index in [1.165, 1.54) is 56.9 Å². The summed E-state index contributed by atoms with van der Waals surface area (Å²) in [5.74, 6) is 1.38. The second kappa shape index (κ2) is 7.65. The highest BCUT2D eigenvalue weighted by Gasteiger charge is 2.53. The summed E-state index contributed by atoms with van der Waals surface area (Å²) in [6.07, 6.45) is 12.2. The zero-order chi connectivity index (χ0) is 18.9. The number of nitrogens with zero attached hydrogens (tertiary/aromatic N) is 2. The standard InChI is InChI=1S/C23H33N3O/c1-2-26-21(27)23(25-22(26)24,19-13-5-3-4-6-14-19)20-15-9-12-18(16-20)17-10-7-8-11-17/h9,12,15-17,19H,2-8,10-11,13-14H2,1H3,(H2,24,25). The minimum atomic E-state index is -0.807. The summed E-state index contributed by atoms with van der Waals surface area (Å²) in [7, 11) is 0. The molecule has 0 aromatic heterocycles. The third kappa shape index (κ3) is 3.17. The van der Waals surface area contributed by atoms with Gasteiger partial charge in [0.1, 0.15) is 0 Å². The molecule has 4 rings (SSSR count). The Morgan fingerprint density at radius 2 is 1.74 bits per heavy atom. The van der Waals surface area contributed by atoms with Gasteiger partial charge in [0.2, 0.25) is 0 Å². The molecule has 2 saturated carbocycles. The first-order valence-electron chi connectivity index (χ1n) is 10.9. The fourth-order valence-corrected chi connectivity index (χ4v) is 5.58. The van der Waals surface area contributed by atoms with Crippen molar-refractivity contribution >= 4 is 11.9 Å². The van der Waals surface area contributed by atoms with Gasteiger partial charge < -0.3 is 5.73 Å². The number of likely N-dealkylation sites (N-methyl/N-ethyl adjacent to an activating group) is 1. The highest BCUT2D eigenvalue weighted by molar-refractivity contribution is 6.07. The van der Waals surface area contributed by atoms with Crippen LogP contribution in [0.15, 0.2) is 29.3 Å². The molecule has 27 heavy (non-hydrogen) atoms. The smallest absolute Gasteiger partial charge is 0.262 e. The van der Waals surface area contributed by atoms with Crippen LogP contribution < -0.4 is 5.73 Å². The van der Waals surface area contributed by atoms with Crippen molar-refractivity contribution in [2.75, 3.05) is 6.54 Å². The molecular formula is C23H33N3O. The van der Waals surface area contributed by atoms with Gasteiger partial charge in [-0.1, -0.05) is 62.8 Å². The third-order valence-electron chi connectivity index (χ3n) is 7.05. The Balaban J connectivity index is 1.79. The maximum atomic E-state index is 13.6. The lowest BCUT2D eigenvalue weighted by molar-refractivity contribution is -0.133. The summed E-state index contributed by atoms with van der Waals surface area (Å²) < 4.78 is 0. The van der Waals surface area contributed by atoms with Gasteiger partial charge in [-0.3, -0.25) is 9.69 Å². The average molecular weight is 368 g/mol. The number of aliphatic imine (C=N–C) groups is 1. The zero-order valence-electron chi connectivity index (χ0n) is 16.6. The predicted molar refractivity (Wildman–Crippen MR) is 110 cm³/mol. The number of nitrogens with two attached hydrogens (primary N) is 1. The van der Waals surface area contributed by atoms with Crippen LogP contribution in [0.1, 0.15) is 88.2 Å². The lowest BCUT2D eigenvalue weighted by Crippen LogP contribution is -2.46. The van der Waals surface area contributed by atoms with Gasteiger partial charge in [-0.05, 0) is 55.6 Å². The summed E-state index contributed by atoms with van der Waals surface area (Å²) in [6, 6.07) is 8.78. The molecule has 2 fully saturated rings. The van der Waals surface area contributed by atoms with E-state index in [-0.39, 0.29) is 11.8 Å². The Morgan fingerprint density at radius 1 is 1.07 bits per heavy atom. The van der Waals surface area contributed by atoms with E-state index in [2.05, 4.69) is 24.3 Å². The van der Waals surface area contributed by atoms with Crippen LogP contribution in [0.4, 0.5) is 0 Å². The molecule has 0 saturated heterocycles. The number of rotatable bonds is 4. The first-order chi connectivity index (χ1) is 13.2. The molecule has 1 atom stereocenters. The van der Waals surface area contributed by atoms with E-state index in [1.807, 2.05) is 6.92 Å².